The second kappa shape index (κ2) is 9.06. The summed E-state index contributed by atoms with van der Waals surface area (Å²) < 4.78 is 19.6. The normalized spacial score (nSPS) is 22.4. The molecule has 0 saturated carbocycles. The Morgan fingerprint density at radius 2 is 1.94 bits per heavy atom. The Kier molecular flexibility index (Phi) is 5.86. The van der Waals surface area contributed by atoms with Crippen molar-refractivity contribution >= 4 is 34.4 Å². The predicted molar refractivity (Wildman–Crippen MR) is 132 cm³/mol. The monoisotopic (exact) mass is 512 g/mol. The summed E-state index contributed by atoms with van der Waals surface area (Å²) in [4.78, 5) is 35.7. The fourth-order valence-electron chi connectivity index (χ4n) is 5.68. The number of morpholine rings is 1. The van der Waals surface area contributed by atoms with Crippen LogP contribution in [0.5, 0.6) is 5.75 Å². The molecule has 0 spiro atoms. The van der Waals surface area contributed by atoms with Crippen LogP contribution >= 0.6 is 11.6 Å². The molecule has 1 aromatic heterocycles. The largest absolute Gasteiger partial charge is 0.508 e. The van der Waals surface area contributed by atoms with Crippen LogP contribution in [0.3, 0.4) is 0 Å². The highest BCUT2D eigenvalue weighted by molar-refractivity contribution is 6.31. The first-order valence-electron chi connectivity index (χ1n) is 12.1. The first kappa shape index (κ1) is 23.3. The number of hydrogen-bond acceptors (Lipinski definition) is 5. The number of halogens is 2. The topological polar surface area (TPSA) is 89.1 Å². The van der Waals surface area contributed by atoms with Crippen molar-refractivity contribution in [3.63, 3.8) is 0 Å². The SMILES string of the molecule is O=C1[C@@H]2Cc3c([nH]c4cc(F)c(Cl)cc34)C(Cc3cccc(O)c3)N2C(=O)N1CCN1CCOCC1. The molecule has 2 N–H and O–H groups in total. The summed E-state index contributed by atoms with van der Waals surface area (Å²) in [5.41, 5.74) is 3.03. The first-order valence-corrected chi connectivity index (χ1v) is 12.5. The van der Waals surface area contributed by atoms with Crippen molar-refractivity contribution in [3.8, 4) is 5.75 Å². The van der Waals surface area contributed by atoms with Crippen LogP contribution in [0.1, 0.15) is 22.9 Å². The van der Waals surface area contributed by atoms with Crippen LogP contribution in [-0.2, 0) is 22.4 Å². The number of amides is 3. The summed E-state index contributed by atoms with van der Waals surface area (Å²) in [5, 5.41) is 10.8. The number of hydrogen-bond donors (Lipinski definition) is 2. The lowest BCUT2D eigenvalue weighted by atomic mass is 9.89. The highest BCUT2D eigenvalue weighted by Crippen LogP contribution is 2.43. The molecule has 3 aliphatic rings. The minimum atomic E-state index is -0.653. The molecular weight excluding hydrogens is 487 g/mol. The van der Waals surface area contributed by atoms with Crippen LogP contribution < -0.4 is 0 Å². The van der Waals surface area contributed by atoms with Crippen LogP contribution in [0.15, 0.2) is 36.4 Å². The third kappa shape index (κ3) is 3.91. The summed E-state index contributed by atoms with van der Waals surface area (Å²) in [6.45, 7) is 3.76. The predicted octanol–water partition coefficient (Wildman–Crippen LogP) is 3.47. The van der Waals surface area contributed by atoms with Gasteiger partial charge in [-0.1, -0.05) is 23.7 Å². The average molecular weight is 513 g/mol. The molecule has 36 heavy (non-hydrogen) atoms. The maximum atomic E-state index is 14.2. The second-order valence-corrected chi connectivity index (χ2v) is 9.98. The Morgan fingerprint density at radius 3 is 2.72 bits per heavy atom. The molecule has 4 heterocycles. The number of benzene rings is 2. The number of fused-ring (bicyclic) bond motifs is 4. The van der Waals surface area contributed by atoms with Gasteiger partial charge in [0.25, 0.3) is 5.91 Å². The number of H-pyrrole nitrogens is 1. The molecule has 0 aliphatic carbocycles. The Hall–Kier alpha value is -3.14. The van der Waals surface area contributed by atoms with Crippen LogP contribution in [0, 0.1) is 5.82 Å². The summed E-state index contributed by atoms with van der Waals surface area (Å²) in [7, 11) is 0. The molecule has 8 nitrogen and oxygen atoms in total. The van der Waals surface area contributed by atoms with Crippen LogP contribution in [0.2, 0.25) is 5.02 Å². The Bertz CT molecular complexity index is 1360. The number of nitrogens with zero attached hydrogens (tertiary/aromatic N) is 3. The maximum absolute atomic E-state index is 14.2. The molecule has 188 valence electrons. The van der Waals surface area contributed by atoms with E-state index in [0.717, 1.165) is 35.3 Å². The highest BCUT2D eigenvalue weighted by Gasteiger charge is 2.52. The molecule has 2 atom stereocenters. The van der Waals surface area contributed by atoms with E-state index in [9.17, 15) is 19.1 Å². The number of aromatic hydroxyl groups is 1. The Balaban J connectivity index is 1.37. The summed E-state index contributed by atoms with van der Waals surface area (Å²) in [6, 6.07) is 8.34. The third-order valence-electron chi connectivity index (χ3n) is 7.47. The molecule has 10 heteroatoms. The zero-order chi connectivity index (χ0) is 25.0. The number of phenols is 1. The highest BCUT2D eigenvalue weighted by atomic mass is 35.5. The fourth-order valence-corrected chi connectivity index (χ4v) is 5.85. The van der Waals surface area contributed by atoms with Gasteiger partial charge in [-0.2, -0.15) is 0 Å². The summed E-state index contributed by atoms with van der Waals surface area (Å²) >= 11 is 6.10. The molecule has 3 aromatic rings. The van der Waals surface area contributed by atoms with E-state index < -0.39 is 17.9 Å². The van der Waals surface area contributed by atoms with Gasteiger partial charge in [-0.25, -0.2) is 9.18 Å². The van der Waals surface area contributed by atoms with E-state index in [2.05, 4.69) is 9.88 Å². The first-order chi connectivity index (χ1) is 17.4. The van der Waals surface area contributed by atoms with Crippen molar-refractivity contribution in [1.82, 2.24) is 19.7 Å². The van der Waals surface area contributed by atoms with Gasteiger partial charge in [0, 0.05) is 49.2 Å². The molecule has 2 aromatic carbocycles. The van der Waals surface area contributed by atoms with Gasteiger partial charge in [0.15, 0.2) is 0 Å². The average Bonchev–Trinajstić information content (AvgIpc) is 3.33. The quantitative estimate of drug-likeness (QED) is 0.511. The minimum absolute atomic E-state index is 0.0113. The molecule has 2 saturated heterocycles. The number of ether oxygens (including phenoxy) is 1. The van der Waals surface area contributed by atoms with Gasteiger partial charge in [0.05, 0.1) is 24.3 Å². The van der Waals surface area contributed by atoms with Gasteiger partial charge < -0.3 is 19.7 Å². The summed E-state index contributed by atoms with van der Waals surface area (Å²) in [6.07, 6.45) is 0.712. The van der Waals surface area contributed by atoms with Crippen molar-refractivity contribution in [2.45, 2.75) is 24.9 Å². The lowest BCUT2D eigenvalue weighted by Crippen LogP contribution is -2.44. The molecule has 1 unspecified atom stereocenters. The van der Waals surface area contributed by atoms with Gasteiger partial charge >= 0.3 is 6.03 Å². The van der Waals surface area contributed by atoms with Crippen LogP contribution in [0.25, 0.3) is 10.9 Å². The molecule has 3 amide bonds. The van der Waals surface area contributed by atoms with E-state index >= 15 is 0 Å². The van der Waals surface area contributed by atoms with Crippen molar-refractivity contribution in [3.05, 3.63) is 64.1 Å². The number of aromatic nitrogens is 1. The minimum Gasteiger partial charge on any atom is -0.508 e. The van der Waals surface area contributed by atoms with Crippen molar-refractivity contribution in [2.75, 3.05) is 39.4 Å². The second-order valence-electron chi connectivity index (χ2n) is 9.57. The van der Waals surface area contributed by atoms with Gasteiger partial charge in [0.1, 0.15) is 17.6 Å². The van der Waals surface area contributed by atoms with Gasteiger partial charge in [-0.15, -0.1) is 0 Å². The zero-order valence-electron chi connectivity index (χ0n) is 19.5. The lowest BCUT2D eigenvalue weighted by Gasteiger charge is -2.36. The number of aromatic amines is 1. The van der Waals surface area contributed by atoms with E-state index in [-0.39, 0.29) is 22.7 Å². The maximum Gasteiger partial charge on any atom is 0.328 e. The van der Waals surface area contributed by atoms with Crippen molar-refractivity contribution < 1.29 is 23.8 Å². The van der Waals surface area contributed by atoms with Gasteiger partial charge in [-0.3, -0.25) is 14.6 Å². The van der Waals surface area contributed by atoms with Crippen molar-refractivity contribution in [1.29, 1.82) is 0 Å². The number of nitrogens with one attached hydrogen (secondary N) is 1. The smallest absolute Gasteiger partial charge is 0.328 e. The fraction of sp³-hybridized carbons (Fsp3) is 0.385. The van der Waals surface area contributed by atoms with Gasteiger partial charge in [-0.05, 0) is 41.8 Å². The van der Waals surface area contributed by atoms with E-state index in [1.807, 2.05) is 6.07 Å². The lowest BCUT2D eigenvalue weighted by molar-refractivity contribution is -0.128. The number of imide groups is 1. The van der Waals surface area contributed by atoms with Crippen molar-refractivity contribution in [2.24, 2.45) is 0 Å². The Morgan fingerprint density at radius 1 is 1.14 bits per heavy atom. The Labute approximate surface area is 212 Å². The molecule has 0 radical (unpaired) electrons. The number of urea groups is 1. The molecule has 3 aliphatic heterocycles. The third-order valence-corrected chi connectivity index (χ3v) is 7.76. The van der Waals surface area contributed by atoms with E-state index in [1.54, 1.807) is 29.2 Å². The van der Waals surface area contributed by atoms with Gasteiger partial charge in [0.2, 0.25) is 0 Å². The van der Waals surface area contributed by atoms with E-state index in [4.69, 9.17) is 16.3 Å². The zero-order valence-corrected chi connectivity index (χ0v) is 20.3. The number of carbonyl (C=O) groups is 2. The summed E-state index contributed by atoms with van der Waals surface area (Å²) in [5.74, 6) is -0.627. The molecule has 0 bridgehead atoms. The molecule has 2 fully saturated rings. The molecule has 6 rings (SSSR count). The van der Waals surface area contributed by atoms with Crippen LogP contribution in [0.4, 0.5) is 9.18 Å². The number of rotatable bonds is 5. The number of phenolic OH excluding ortho intramolecular Hbond substituents is 1. The molecular formula is C26H26ClFN4O4. The number of carbonyl (C=O) groups excluding carboxylic acids is 2. The van der Waals surface area contributed by atoms with Crippen LogP contribution in [-0.4, -0.2) is 82.2 Å². The standard InChI is InChI=1S/C26H26ClFN4O4/c27-19-12-17-18-13-23-25(34)31(5-4-30-6-8-36-9-7-30)26(35)32(23)22(11-15-2-1-3-16(33)10-15)24(18)29-21(17)14-20(19)28/h1-3,10,12,14,22-23,29,33H,4-9,11,13H2/t22?,23-/m0/s1. The van der Waals surface area contributed by atoms with E-state index in [0.29, 0.717) is 44.7 Å². The van der Waals surface area contributed by atoms with E-state index in [1.165, 1.54) is 11.0 Å².